The summed E-state index contributed by atoms with van der Waals surface area (Å²) in [6, 6.07) is 10.8. The molecule has 1 amide bonds. The minimum atomic E-state index is -1.05. The molecule has 0 bridgehead atoms. The molecule has 2 aromatic rings. The van der Waals surface area contributed by atoms with Gasteiger partial charge in [-0.2, -0.15) is 0 Å². The molecule has 3 unspecified atom stereocenters. The van der Waals surface area contributed by atoms with Gasteiger partial charge in [-0.3, -0.25) is 14.5 Å². The molecule has 1 fully saturated rings. The lowest BCUT2D eigenvalue weighted by atomic mass is 9.73. The largest absolute Gasteiger partial charge is 0.497 e. The number of fused-ring (bicyclic) bond motifs is 3. The molecule has 2 heterocycles. The highest BCUT2D eigenvalue weighted by Gasteiger charge is 2.63. The lowest BCUT2D eigenvalue weighted by Gasteiger charge is -2.55. The molecule has 3 atom stereocenters. The number of hydrogen-bond donors (Lipinski definition) is 1. The smallest absolute Gasteiger partial charge is 0.317 e. The van der Waals surface area contributed by atoms with Crippen molar-refractivity contribution in [1.29, 1.82) is 0 Å². The Hall–Kier alpha value is -2.25. The van der Waals surface area contributed by atoms with E-state index in [1.807, 2.05) is 0 Å². The van der Waals surface area contributed by atoms with Crippen LogP contribution in [0.5, 0.6) is 5.75 Å². The molecular formula is C19H15ClFNO4S. The van der Waals surface area contributed by atoms with E-state index in [0.29, 0.717) is 21.9 Å². The summed E-state index contributed by atoms with van der Waals surface area (Å²) < 4.78 is 18.7. The number of nitrogens with zero attached hydrogens (tertiary/aromatic N) is 1. The van der Waals surface area contributed by atoms with Crippen LogP contribution in [-0.2, 0) is 15.1 Å². The van der Waals surface area contributed by atoms with Gasteiger partial charge in [-0.1, -0.05) is 12.1 Å². The molecule has 2 aromatic carbocycles. The SMILES string of the molecule is COc1ccc2c(c1)SC(C(=O)O)CC1(c3ccc(F)cc3)C(Cl)C(=O)N21. The summed E-state index contributed by atoms with van der Waals surface area (Å²) in [7, 11) is 1.52. The lowest BCUT2D eigenvalue weighted by molar-refractivity contribution is -0.138. The van der Waals surface area contributed by atoms with Crippen molar-refractivity contribution >= 4 is 40.9 Å². The molecular weight excluding hydrogens is 393 g/mol. The zero-order valence-corrected chi connectivity index (χ0v) is 15.8. The molecule has 0 spiro atoms. The van der Waals surface area contributed by atoms with Crippen LogP contribution in [0.4, 0.5) is 10.1 Å². The average Bonchev–Trinajstić information content (AvgIpc) is 2.80. The third-order valence-corrected chi connectivity index (χ3v) is 6.83. The molecule has 8 heteroatoms. The molecule has 0 saturated carbocycles. The van der Waals surface area contributed by atoms with Gasteiger partial charge in [0.05, 0.1) is 18.3 Å². The predicted octanol–water partition coefficient (Wildman–Crippen LogP) is 3.63. The minimum Gasteiger partial charge on any atom is -0.497 e. The fraction of sp³-hybridized carbons (Fsp3) is 0.263. The first-order chi connectivity index (χ1) is 12.9. The van der Waals surface area contributed by atoms with Crippen molar-refractivity contribution in [1.82, 2.24) is 0 Å². The van der Waals surface area contributed by atoms with Crippen molar-refractivity contribution in [3.05, 3.63) is 53.8 Å². The fourth-order valence-corrected chi connectivity index (χ4v) is 5.36. The number of anilines is 1. The Balaban J connectivity index is 1.93. The van der Waals surface area contributed by atoms with Crippen LogP contribution in [0.15, 0.2) is 47.4 Å². The first-order valence-electron chi connectivity index (χ1n) is 8.20. The molecule has 0 aromatic heterocycles. The number of carboxylic acid groups (broad SMARTS) is 1. The van der Waals surface area contributed by atoms with E-state index in [2.05, 4.69) is 0 Å². The number of carbonyl (C=O) groups is 2. The Morgan fingerprint density at radius 3 is 2.67 bits per heavy atom. The summed E-state index contributed by atoms with van der Waals surface area (Å²) in [6.45, 7) is 0. The van der Waals surface area contributed by atoms with Gasteiger partial charge < -0.3 is 9.84 Å². The highest BCUT2D eigenvalue weighted by molar-refractivity contribution is 8.00. The number of ether oxygens (including phenoxy) is 1. The van der Waals surface area contributed by atoms with E-state index >= 15 is 0 Å². The number of halogens is 2. The molecule has 140 valence electrons. The summed E-state index contributed by atoms with van der Waals surface area (Å²) >= 11 is 7.62. The van der Waals surface area contributed by atoms with Crippen LogP contribution < -0.4 is 9.64 Å². The molecule has 4 rings (SSSR count). The van der Waals surface area contributed by atoms with Gasteiger partial charge in [-0.05, 0) is 35.9 Å². The second-order valence-electron chi connectivity index (χ2n) is 6.45. The van der Waals surface area contributed by atoms with Crippen LogP contribution in [0.25, 0.3) is 0 Å². The van der Waals surface area contributed by atoms with Crippen LogP contribution in [0, 0.1) is 5.82 Å². The van der Waals surface area contributed by atoms with E-state index in [1.54, 1.807) is 35.2 Å². The van der Waals surface area contributed by atoms with Crippen molar-refractivity contribution in [3.8, 4) is 5.75 Å². The molecule has 1 saturated heterocycles. The number of carbonyl (C=O) groups excluding carboxylic acids is 1. The molecule has 5 nitrogen and oxygen atoms in total. The Morgan fingerprint density at radius 2 is 2.04 bits per heavy atom. The van der Waals surface area contributed by atoms with Gasteiger partial charge in [0.1, 0.15) is 22.2 Å². The molecule has 2 aliphatic heterocycles. The zero-order chi connectivity index (χ0) is 19.3. The van der Waals surface area contributed by atoms with Gasteiger partial charge in [-0.15, -0.1) is 23.4 Å². The number of amides is 1. The van der Waals surface area contributed by atoms with Gasteiger partial charge >= 0.3 is 5.97 Å². The first kappa shape index (κ1) is 18.1. The highest BCUT2D eigenvalue weighted by atomic mass is 35.5. The Bertz CT molecular complexity index is 938. The Morgan fingerprint density at radius 1 is 1.33 bits per heavy atom. The normalized spacial score (nSPS) is 26.5. The van der Waals surface area contributed by atoms with E-state index in [0.717, 1.165) is 11.8 Å². The van der Waals surface area contributed by atoms with Gasteiger partial charge in [0.25, 0.3) is 0 Å². The van der Waals surface area contributed by atoms with Gasteiger partial charge in [0.2, 0.25) is 5.91 Å². The summed E-state index contributed by atoms with van der Waals surface area (Å²) in [5, 5.41) is 7.98. The van der Waals surface area contributed by atoms with Crippen molar-refractivity contribution in [2.24, 2.45) is 0 Å². The van der Waals surface area contributed by atoms with E-state index < -0.39 is 28.0 Å². The predicted molar refractivity (Wildman–Crippen MR) is 100 cm³/mol. The number of methoxy groups -OCH3 is 1. The van der Waals surface area contributed by atoms with E-state index in [1.165, 1.54) is 19.2 Å². The number of hydrogen-bond acceptors (Lipinski definition) is 4. The number of carboxylic acids is 1. The van der Waals surface area contributed by atoms with E-state index in [-0.39, 0.29) is 12.3 Å². The molecule has 2 aliphatic rings. The number of alkyl halides is 1. The number of thioether (sulfide) groups is 1. The summed E-state index contributed by atoms with van der Waals surface area (Å²) in [5.74, 6) is -1.16. The van der Waals surface area contributed by atoms with E-state index in [9.17, 15) is 19.1 Å². The standard InChI is InChI=1S/C19H15ClFNO4S/c1-26-12-6-7-13-14(8-12)27-15(18(24)25)9-19(16(20)17(23)22(13)19)10-2-4-11(21)5-3-10/h2-8,15-16H,9H2,1H3,(H,24,25). The Kier molecular flexibility index (Phi) is 4.31. The molecule has 1 N–H and O–H groups in total. The number of aliphatic carboxylic acids is 1. The van der Waals surface area contributed by atoms with E-state index in [4.69, 9.17) is 16.3 Å². The Labute approximate surface area is 164 Å². The maximum absolute atomic E-state index is 13.4. The summed E-state index contributed by atoms with van der Waals surface area (Å²) in [5.41, 5.74) is 0.136. The zero-order valence-electron chi connectivity index (χ0n) is 14.2. The molecule has 0 aliphatic carbocycles. The van der Waals surface area contributed by atoms with Crippen LogP contribution in [0.2, 0.25) is 0 Å². The number of rotatable bonds is 3. The number of benzene rings is 2. The third kappa shape index (κ3) is 2.60. The van der Waals surface area contributed by atoms with Gasteiger partial charge in [0, 0.05) is 11.3 Å². The second kappa shape index (κ2) is 6.42. The lowest BCUT2D eigenvalue weighted by Crippen LogP contribution is -2.71. The van der Waals surface area contributed by atoms with Gasteiger partial charge in [-0.25, -0.2) is 4.39 Å². The fourth-order valence-electron chi connectivity index (χ4n) is 3.74. The van der Waals surface area contributed by atoms with Gasteiger partial charge in [0.15, 0.2) is 0 Å². The van der Waals surface area contributed by atoms with Crippen molar-refractivity contribution < 1.29 is 23.8 Å². The van der Waals surface area contributed by atoms with Crippen LogP contribution >= 0.6 is 23.4 Å². The maximum atomic E-state index is 13.4. The van der Waals surface area contributed by atoms with Crippen molar-refractivity contribution in [2.75, 3.05) is 12.0 Å². The molecule has 0 radical (unpaired) electrons. The molecule has 27 heavy (non-hydrogen) atoms. The quantitative estimate of drug-likeness (QED) is 0.621. The minimum absolute atomic E-state index is 0.107. The average molecular weight is 408 g/mol. The maximum Gasteiger partial charge on any atom is 0.317 e. The first-order valence-corrected chi connectivity index (χ1v) is 9.52. The monoisotopic (exact) mass is 407 g/mol. The van der Waals surface area contributed by atoms with Crippen LogP contribution in [0.1, 0.15) is 12.0 Å². The van der Waals surface area contributed by atoms with Crippen molar-refractivity contribution in [2.45, 2.75) is 27.5 Å². The second-order valence-corrected chi connectivity index (χ2v) is 8.13. The summed E-state index contributed by atoms with van der Waals surface area (Å²) in [6.07, 6.45) is 0.107. The number of β-lactam (4-membered cyclic amide) rings is 1. The van der Waals surface area contributed by atoms with Crippen molar-refractivity contribution in [3.63, 3.8) is 0 Å². The summed E-state index contributed by atoms with van der Waals surface area (Å²) in [4.78, 5) is 26.8. The van der Waals surface area contributed by atoms with Crippen LogP contribution in [-0.4, -0.2) is 34.7 Å². The third-order valence-electron chi connectivity index (χ3n) is 5.05. The topological polar surface area (TPSA) is 66.8 Å². The van der Waals surface area contributed by atoms with Crippen LogP contribution in [0.3, 0.4) is 0 Å². The highest BCUT2D eigenvalue weighted by Crippen LogP contribution is 2.57.